The molecule has 154 valence electrons. The second-order valence-electron chi connectivity index (χ2n) is 7.15. The van der Waals surface area contributed by atoms with Crippen LogP contribution in [0.4, 0.5) is 4.79 Å². The highest BCUT2D eigenvalue weighted by atomic mass is 16.7. The number of hydroxylamine groups is 2. The fraction of sp³-hybridized carbons (Fsp3) is 0.778. The number of nitrogens with one attached hydrogen (secondary N) is 1. The lowest BCUT2D eigenvalue weighted by atomic mass is 10.0. The first-order chi connectivity index (χ1) is 13.7. The molecule has 2 aliphatic rings. The average molecular weight is 392 g/mol. The molecule has 0 aliphatic carbocycles. The van der Waals surface area contributed by atoms with Crippen molar-refractivity contribution >= 4 is 12.1 Å². The van der Waals surface area contributed by atoms with Gasteiger partial charge in [-0.1, -0.05) is 20.3 Å². The van der Waals surface area contributed by atoms with Crippen LogP contribution in [0.2, 0.25) is 0 Å². The maximum atomic E-state index is 12.7. The van der Waals surface area contributed by atoms with Gasteiger partial charge in [-0.05, 0) is 25.7 Å². The zero-order valence-electron chi connectivity index (χ0n) is 16.5. The van der Waals surface area contributed by atoms with E-state index in [0.29, 0.717) is 38.0 Å². The van der Waals surface area contributed by atoms with Crippen LogP contribution in [-0.4, -0.2) is 64.1 Å². The number of hydrogen-bond donors (Lipinski definition) is 1. The van der Waals surface area contributed by atoms with Crippen molar-refractivity contribution in [2.75, 3.05) is 19.7 Å². The molecule has 3 atom stereocenters. The Labute approximate surface area is 164 Å². The second kappa shape index (κ2) is 9.77. The van der Waals surface area contributed by atoms with E-state index >= 15 is 0 Å². The topological polar surface area (TPSA) is 113 Å². The predicted molar refractivity (Wildman–Crippen MR) is 98.8 cm³/mol. The highest BCUT2D eigenvalue weighted by Gasteiger charge is 2.47. The van der Waals surface area contributed by atoms with Gasteiger partial charge in [0, 0.05) is 12.6 Å². The number of amides is 2. The maximum absolute atomic E-state index is 12.7. The first kappa shape index (κ1) is 20.4. The van der Waals surface area contributed by atoms with E-state index in [1.807, 2.05) is 6.92 Å². The van der Waals surface area contributed by atoms with Gasteiger partial charge in [0.1, 0.15) is 6.04 Å². The smallest absolute Gasteiger partial charge is 0.345 e. The Balaban J connectivity index is 1.58. The zero-order valence-corrected chi connectivity index (χ0v) is 16.5. The first-order valence-corrected chi connectivity index (χ1v) is 9.99. The second-order valence-corrected chi connectivity index (χ2v) is 7.15. The van der Waals surface area contributed by atoms with Crippen LogP contribution in [0.15, 0.2) is 9.41 Å². The molecule has 2 fully saturated rings. The minimum absolute atomic E-state index is 0.0428. The molecule has 2 aliphatic heterocycles. The number of unbranched alkanes of at least 4 members (excludes halogenated alkanes) is 1. The molecule has 1 aromatic rings. The van der Waals surface area contributed by atoms with Crippen molar-refractivity contribution in [3.63, 3.8) is 0 Å². The number of aromatic nitrogens is 2. The molecule has 0 radical (unpaired) electrons. The lowest BCUT2D eigenvalue weighted by Gasteiger charge is -2.27. The van der Waals surface area contributed by atoms with Crippen molar-refractivity contribution in [1.29, 1.82) is 0 Å². The molecule has 3 heterocycles. The molecule has 28 heavy (non-hydrogen) atoms. The van der Waals surface area contributed by atoms with Gasteiger partial charge in [0.2, 0.25) is 17.9 Å². The monoisotopic (exact) mass is 392 g/mol. The molecule has 10 heteroatoms. The van der Waals surface area contributed by atoms with Gasteiger partial charge in [0.05, 0.1) is 25.7 Å². The largest absolute Gasteiger partial charge is 0.422 e. The van der Waals surface area contributed by atoms with Gasteiger partial charge in [-0.2, -0.15) is 5.06 Å². The van der Waals surface area contributed by atoms with E-state index in [2.05, 4.69) is 27.4 Å². The Bertz CT molecular complexity index is 704. The van der Waals surface area contributed by atoms with Crippen molar-refractivity contribution in [1.82, 2.24) is 25.5 Å². The van der Waals surface area contributed by atoms with Crippen LogP contribution in [0.25, 0.3) is 0 Å². The van der Waals surface area contributed by atoms with E-state index in [9.17, 15) is 9.59 Å². The summed E-state index contributed by atoms with van der Waals surface area (Å²) >= 11 is 0. The Morgan fingerprint density at radius 1 is 1.39 bits per heavy atom. The number of isocyanates is 1. The van der Waals surface area contributed by atoms with E-state index in [-0.39, 0.29) is 24.2 Å². The van der Waals surface area contributed by atoms with Crippen LogP contribution < -0.4 is 5.32 Å². The van der Waals surface area contributed by atoms with Crippen LogP contribution >= 0.6 is 0 Å². The number of carbonyl (C=O) groups is 1. The number of carbonyl (C=O) groups excluding carboxylic acids is 2. The maximum Gasteiger partial charge on any atom is 0.345 e. The molecule has 2 saturated heterocycles. The number of fused-ring (bicyclic) bond motifs is 2. The van der Waals surface area contributed by atoms with Crippen molar-refractivity contribution in [2.24, 2.45) is 4.99 Å². The lowest BCUT2D eigenvalue weighted by Crippen LogP contribution is -2.34. The highest BCUT2D eigenvalue weighted by Crippen LogP contribution is 2.37. The molecule has 0 saturated carbocycles. The summed E-state index contributed by atoms with van der Waals surface area (Å²) in [6.45, 7) is 6.01. The summed E-state index contributed by atoms with van der Waals surface area (Å²) in [6, 6.07) is -0.208. The Hall–Kier alpha value is -2.29. The molecular formula is C18H28N6O4. The summed E-state index contributed by atoms with van der Waals surface area (Å²) in [5, 5.41) is 13.0. The predicted octanol–water partition coefficient (Wildman–Crippen LogP) is 1.95. The summed E-state index contributed by atoms with van der Waals surface area (Å²) in [5.74, 6) is 0.909. The van der Waals surface area contributed by atoms with Gasteiger partial charge < -0.3 is 14.6 Å². The van der Waals surface area contributed by atoms with Crippen LogP contribution in [0.3, 0.4) is 0 Å². The Kier molecular flexibility index (Phi) is 7.13. The third-order valence-electron chi connectivity index (χ3n) is 5.23. The quantitative estimate of drug-likeness (QED) is 0.348. The number of urea groups is 1. The summed E-state index contributed by atoms with van der Waals surface area (Å²) in [5.41, 5.74) is 0. The number of aliphatic imine (C=N–C) groups is 1. The third kappa shape index (κ3) is 4.57. The summed E-state index contributed by atoms with van der Waals surface area (Å²) in [6.07, 6.45) is 5.93. The Morgan fingerprint density at radius 3 is 3.00 bits per heavy atom. The summed E-state index contributed by atoms with van der Waals surface area (Å²) in [4.78, 5) is 34.0. The number of rotatable bonds is 11. The van der Waals surface area contributed by atoms with Crippen LogP contribution in [0, 0.1) is 0 Å². The molecule has 2 unspecified atom stereocenters. The molecule has 2 bridgehead atoms. The summed E-state index contributed by atoms with van der Waals surface area (Å²) < 4.78 is 5.81. The fourth-order valence-corrected chi connectivity index (χ4v) is 3.55. The molecule has 2 amide bonds. The average Bonchev–Trinajstić information content (AvgIpc) is 3.27. The lowest BCUT2D eigenvalue weighted by molar-refractivity contribution is -0.130. The standard InChI is InChI=1S/C18H28N6O4/c1-3-5-8-27-24-14-6-7-15(23(11-14)18(24)26)17-22-21-16(28-17)10-20-13(4-2)9-19-12-25/h13-15,20H,3-11H2,1-2H3/t13?,14?,15-/m0/s1. The van der Waals surface area contributed by atoms with Gasteiger partial charge >= 0.3 is 6.03 Å². The number of hydrogen-bond acceptors (Lipinski definition) is 8. The van der Waals surface area contributed by atoms with Crippen molar-refractivity contribution in [3.8, 4) is 0 Å². The van der Waals surface area contributed by atoms with E-state index in [1.165, 1.54) is 5.06 Å². The highest BCUT2D eigenvalue weighted by molar-refractivity contribution is 5.77. The SMILES string of the molecule is CCCCON1C(=O)N2CC1CC[C@H]2c1nnc(CNC(CC)CN=C=O)o1. The minimum Gasteiger partial charge on any atom is -0.422 e. The van der Waals surface area contributed by atoms with Crippen molar-refractivity contribution < 1.29 is 18.8 Å². The third-order valence-corrected chi connectivity index (χ3v) is 5.23. The molecule has 1 N–H and O–H groups in total. The minimum atomic E-state index is -0.216. The van der Waals surface area contributed by atoms with E-state index in [4.69, 9.17) is 9.25 Å². The van der Waals surface area contributed by atoms with Crippen LogP contribution in [0.5, 0.6) is 0 Å². The normalized spacial score (nSPS) is 22.4. The van der Waals surface area contributed by atoms with Gasteiger partial charge in [-0.15, -0.1) is 10.2 Å². The Morgan fingerprint density at radius 2 is 2.25 bits per heavy atom. The van der Waals surface area contributed by atoms with Gasteiger partial charge in [-0.25, -0.2) is 14.6 Å². The fourth-order valence-electron chi connectivity index (χ4n) is 3.55. The first-order valence-electron chi connectivity index (χ1n) is 9.99. The molecule has 0 aromatic carbocycles. The van der Waals surface area contributed by atoms with Gasteiger partial charge in [-0.3, -0.25) is 4.84 Å². The molecule has 0 spiro atoms. The van der Waals surface area contributed by atoms with Gasteiger partial charge in [0.15, 0.2) is 0 Å². The van der Waals surface area contributed by atoms with Crippen LogP contribution in [0.1, 0.15) is 63.8 Å². The molecule has 1 aromatic heterocycles. The van der Waals surface area contributed by atoms with Gasteiger partial charge in [0.25, 0.3) is 0 Å². The molecular weight excluding hydrogens is 364 g/mol. The van der Waals surface area contributed by atoms with E-state index in [0.717, 1.165) is 32.1 Å². The van der Waals surface area contributed by atoms with E-state index in [1.54, 1.807) is 11.0 Å². The molecule has 10 nitrogen and oxygen atoms in total. The van der Waals surface area contributed by atoms with Crippen molar-refractivity contribution in [3.05, 3.63) is 11.8 Å². The zero-order chi connectivity index (χ0) is 19.9. The molecule has 3 rings (SSSR count). The number of piperidine rings is 1. The van der Waals surface area contributed by atoms with Crippen LogP contribution in [-0.2, 0) is 16.2 Å². The van der Waals surface area contributed by atoms with E-state index < -0.39 is 0 Å². The number of nitrogens with zero attached hydrogens (tertiary/aromatic N) is 5. The summed E-state index contributed by atoms with van der Waals surface area (Å²) in [7, 11) is 0. The van der Waals surface area contributed by atoms with Crippen molar-refractivity contribution in [2.45, 2.75) is 70.6 Å².